The van der Waals surface area contributed by atoms with E-state index in [1.165, 1.54) is 0 Å². The predicted octanol–water partition coefficient (Wildman–Crippen LogP) is 2.89. The Morgan fingerprint density at radius 1 is 1.40 bits per heavy atom. The van der Waals surface area contributed by atoms with Crippen molar-refractivity contribution in [1.82, 2.24) is 10.3 Å². The molecule has 1 aromatic carbocycles. The van der Waals surface area contributed by atoms with Crippen LogP contribution in [0.4, 0.5) is 0 Å². The second-order valence-electron chi connectivity index (χ2n) is 4.72. The third kappa shape index (κ3) is 3.71. The van der Waals surface area contributed by atoms with Crippen molar-refractivity contribution >= 4 is 11.6 Å². The first kappa shape index (κ1) is 14.8. The lowest BCUT2D eigenvalue weighted by molar-refractivity contribution is 0.270. The lowest BCUT2D eigenvalue weighted by Crippen LogP contribution is -2.21. The molecule has 0 spiro atoms. The van der Waals surface area contributed by atoms with Gasteiger partial charge < -0.3 is 10.5 Å². The first-order chi connectivity index (χ1) is 9.60. The van der Waals surface area contributed by atoms with Crippen molar-refractivity contribution < 1.29 is 9.37 Å². The van der Waals surface area contributed by atoms with E-state index in [0.29, 0.717) is 22.2 Å². The van der Waals surface area contributed by atoms with E-state index >= 15 is 0 Å². The van der Waals surface area contributed by atoms with Crippen LogP contribution in [0.2, 0.25) is 5.02 Å². The third-order valence-corrected chi connectivity index (χ3v) is 3.42. The molecule has 20 heavy (non-hydrogen) atoms. The lowest BCUT2D eigenvalue weighted by atomic mass is 10.0. The number of rotatable bonds is 6. The molecule has 5 nitrogen and oxygen atoms in total. The monoisotopic (exact) mass is 295 g/mol. The van der Waals surface area contributed by atoms with E-state index in [-0.39, 0.29) is 12.6 Å². The van der Waals surface area contributed by atoms with Gasteiger partial charge in [-0.1, -0.05) is 34.9 Å². The smallest absolute Gasteiger partial charge is 0.145 e. The van der Waals surface area contributed by atoms with Crippen molar-refractivity contribution in [2.75, 3.05) is 0 Å². The van der Waals surface area contributed by atoms with E-state index in [9.17, 15) is 0 Å². The molecular weight excluding hydrogens is 278 g/mol. The molecule has 0 saturated carbocycles. The summed E-state index contributed by atoms with van der Waals surface area (Å²) in [5.74, 6) is 0.614. The Morgan fingerprint density at radius 2 is 2.20 bits per heavy atom. The second kappa shape index (κ2) is 6.72. The molecule has 0 aliphatic rings. The zero-order chi connectivity index (χ0) is 14.5. The average Bonchev–Trinajstić information content (AvgIpc) is 2.83. The number of ether oxygens (including phenoxy) is 1. The Labute approximate surface area is 123 Å². The fourth-order valence-electron chi connectivity index (χ4n) is 1.76. The zero-order valence-electron chi connectivity index (χ0n) is 11.6. The van der Waals surface area contributed by atoms with Gasteiger partial charge in [-0.3, -0.25) is 0 Å². The predicted molar refractivity (Wildman–Crippen MR) is 76.8 cm³/mol. The Kier molecular flexibility index (Phi) is 4.98. The summed E-state index contributed by atoms with van der Waals surface area (Å²) in [6, 6.07) is 5.87. The summed E-state index contributed by atoms with van der Waals surface area (Å²) in [6.45, 7) is 4.16. The van der Waals surface area contributed by atoms with Gasteiger partial charge in [0.15, 0.2) is 0 Å². The van der Waals surface area contributed by atoms with Crippen molar-refractivity contribution in [3.8, 4) is 5.75 Å². The van der Waals surface area contributed by atoms with Crippen LogP contribution in [0.15, 0.2) is 22.8 Å². The number of nitrogens with zero attached hydrogens (tertiary/aromatic N) is 2. The van der Waals surface area contributed by atoms with E-state index in [2.05, 4.69) is 21.9 Å². The van der Waals surface area contributed by atoms with E-state index in [1.54, 1.807) is 0 Å². The molecular formula is C14H18ClN3O2. The molecule has 1 aromatic heterocycles. The summed E-state index contributed by atoms with van der Waals surface area (Å²) in [6.07, 6.45) is 1.75. The molecule has 0 amide bonds. The Balaban J connectivity index is 2.01. The van der Waals surface area contributed by atoms with Gasteiger partial charge in [0.05, 0.1) is 5.02 Å². The molecule has 0 radical (unpaired) electrons. The standard InChI is InChI=1S/C14H18ClN3O2/c1-3-11(16)6-10-4-5-14(12(15)7-10)19-8-13-9(2)17-20-18-13/h4-5,7,11H,3,6,8,16H2,1-2H3. The molecule has 0 fully saturated rings. The maximum atomic E-state index is 6.21. The highest BCUT2D eigenvalue weighted by Crippen LogP contribution is 2.27. The van der Waals surface area contributed by atoms with Gasteiger partial charge in [-0.2, -0.15) is 0 Å². The SMILES string of the molecule is CCC(N)Cc1ccc(OCc2nonc2C)c(Cl)c1. The number of nitrogens with two attached hydrogens (primary N) is 1. The Morgan fingerprint density at radius 3 is 2.80 bits per heavy atom. The first-order valence-electron chi connectivity index (χ1n) is 6.55. The molecule has 1 unspecified atom stereocenters. The highest BCUT2D eigenvalue weighted by Gasteiger charge is 2.09. The van der Waals surface area contributed by atoms with Crippen LogP contribution < -0.4 is 10.5 Å². The highest BCUT2D eigenvalue weighted by atomic mass is 35.5. The Hall–Kier alpha value is -1.59. The summed E-state index contributed by atoms with van der Waals surface area (Å²) in [5, 5.41) is 8.02. The molecule has 2 rings (SSSR count). The molecule has 0 aliphatic heterocycles. The van der Waals surface area contributed by atoms with Crippen molar-refractivity contribution in [3.63, 3.8) is 0 Å². The van der Waals surface area contributed by atoms with Crippen LogP contribution in [-0.4, -0.2) is 16.4 Å². The lowest BCUT2D eigenvalue weighted by Gasteiger charge is -2.11. The maximum Gasteiger partial charge on any atom is 0.145 e. The number of hydrogen-bond acceptors (Lipinski definition) is 5. The molecule has 1 atom stereocenters. The van der Waals surface area contributed by atoms with Crippen molar-refractivity contribution in [2.24, 2.45) is 5.73 Å². The van der Waals surface area contributed by atoms with E-state index in [4.69, 9.17) is 22.1 Å². The normalized spacial score (nSPS) is 12.4. The summed E-state index contributed by atoms with van der Waals surface area (Å²) in [4.78, 5) is 0. The second-order valence-corrected chi connectivity index (χ2v) is 5.13. The number of aryl methyl sites for hydroxylation is 1. The molecule has 0 saturated heterocycles. The minimum Gasteiger partial charge on any atom is -0.486 e. The third-order valence-electron chi connectivity index (χ3n) is 3.13. The molecule has 108 valence electrons. The Bertz CT molecular complexity index is 571. The number of hydrogen-bond donors (Lipinski definition) is 1. The molecule has 0 bridgehead atoms. The minimum absolute atomic E-state index is 0.154. The van der Waals surface area contributed by atoms with Crippen LogP contribution in [-0.2, 0) is 13.0 Å². The maximum absolute atomic E-state index is 6.21. The number of halogens is 1. The quantitative estimate of drug-likeness (QED) is 0.887. The molecule has 1 heterocycles. The van der Waals surface area contributed by atoms with E-state index < -0.39 is 0 Å². The van der Waals surface area contributed by atoms with Crippen LogP contribution in [0.25, 0.3) is 0 Å². The fraction of sp³-hybridized carbons (Fsp3) is 0.429. The van der Waals surface area contributed by atoms with Gasteiger partial charge in [0.25, 0.3) is 0 Å². The van der Waals surface area contributed by atoms with Gasteiger partial charge in [0.1, 0.15) is 23.7 Å². The average molecular weight is 296 g/mol. The van der Waals surface area contributed by atoms with Gasteiger partial charge in [0, 0.05) is 6.04 Å². The van der Waals surface area contributed by atoms with Crippen LogP contribution in [0, 0.1) is 6.92 Å². The van der Waals surface area contributed by atoms with Crippen molar-refractivity contribution in [1.29, 1.82) is 0 Å². The summed E-state index contributed by atoms with van der Waals surface area (Å²) >= 11 is 6.21. The number of benzene rings is 1. The topological polar surface area (TPSA) is 74.2 Å². The number of aromatic nitrogens is 2. The zero-order valence-corrected chi connectivity index (χ0v) is 12.4. The highest BCUT2D eigenvalue weighted by molar-refractivity contribution is 6.32. The van der Waals surface area contributed by atoms with E-state index in [0.717, 1.165) is 18.4 Å². The van der Waals surface area contributed by atoms with Crippen molar-refractivity contribution in [2.45, 2.75) is 39.3 Å². The van der Waals surface area contributed by atoms with Gasteiger partial charge in [-0.25, -0.2) is 4.63 Å². The largest absolute Gasteiger partial charge is 0.486 e. The van der Waals surface area contributed by atoms with Crippen LogP contribution in [0.3, 0.4) is 0 Å². The van der Waals surface area contributed by atoms with Gasteiger partial charge in [-0.05, 0) is 37.5 Å². The van der Waals surface area contributed by atoms with Crippen LogP contribution in [0.5, 0.6) is 5.75 Å². The minimum atomic E-state index is 0.154. The van der Waals surface area contributed by atoms with Crippen LogP contribution >= 0.6 is 11.6 Å². The molecule has 6 heteroatoms. The summed E-state index contributed by atoms with van der Waals surface area (Å²) < 4.78 is 10.2. The fourth-order valence-corrected chi connectivity index (χ4v) is 2.02. The first-order valence-corrected chi connectivity index (χ1v) is 6.92. The van der Waals surface area contributed by atoms with Crippen molar-refractivity contribution in [3.05, 3.63) is 40.2 Å². The molecule has 0 aliphatic carbocycles. The van der Waals surface area contributed by atoms with E-state index in [1.807, 2.05) is 25.1 Å². The van der Waals surface area contributed by atoms with Gasteiger partial charge in [0.2, 0.25) is 0 Å². The molecule has 2 aromatic rings. The summed E-state index contributed by atoms with van der Waals surface area (Å²) in [5.41, 5.74) is 8.42. The molecule has 2 N–H and O–H groups in total. The van der Waals surface area contributed by atoms with Gasteiger partial charge >= 0.3 is 0 Å². The van der Waals surface area contributed by atoms with Gasteiger partial charge in [-0.15, -0.1) is 0 Å². The summed E-state index contributed by atoms with van der Waals surface area (Å²) in [7, 11) is 0. The van der Waals surface area contributed by atoms with Crippen LogP contribution in [0.1, 0.15) is 30.3 Å².